The van der Waals surface area contributed by atoms with Crippen molar-refractivity contribution in [3.05, 3.63) is 65.7 Å². The zero-order valence-electron chi connectivity index (χ0n) is 15.6. The predicted octanol–water partition coefficient (Wildman–Crippen LogP) is 2.33. The van der Waals surface area contributed by atoms with Crippen LogP contribution in [-0.2, 0) is 19.1 Å². The van der Waals surface area contributed by atoms with Gasteiger partial charge < -0.3 is 9.64 Å². The van der Waals surface area contributed by atoms with Gasteiger partial charge in [0.25, 0.3) is 5.91 Å². The van der Waals surface area contributed by atoms with E-state index >= 15 is 0 Å². The number of hydrogen-bond acceptors (Lipinski definition) is 5. The molecule has 0 saturated carbocycles. The molecule has 0 spiro atoms. The molecule has 7 nitrogen and oxygen atoms in total. The van der Waals surface area contributed by atoms with Gasteiger partial charge in [-0.25, -0.2) is 4.79 Å². The number of amides is 3. The number of benzene rings is 2. The number of imide groups is 1. The molecular weight excluding hydrogens is 360 g/mol. The Balaban J connectivity index is 1.79. The van der Waals surface area contributed by atoms with Gasteiger partial charge in [-0.2, -0.15) is 0 Å². The van der Waals surface area contributed by atoms with Crippen molar-refractivity contribution in [2.24, 2.45) is 0 Å². The fourth-order valence-electron chi connectivity index (χ4n) is 2.91. The molecule has 1 aliphatic rings. The summed E-state index contributed by atoms with van der Waals surface area (Å²) in [6.07, 6.45) is -0.688. The van der Waals surface area contributed by atoms with Gasteiger partial charge in [0, 0.05) is 32.5 Å². The van der Waals surface area contributed by atoms with Crippen molar-refractivity contribution in [1.82, 2.24) is 4.90 Å². The summed E-state index contributed by atoms with van der Waals surface area (Å²) >= 11 is 0. The molecule has 0 bridgehead atoms. The molecule has 1 saturated heterocycles. The number of anilines is 1. The van der Waals surface area contributed by atoms with Gasteiger partial charge in [0.2, 0.25) is 17.9 Å². The van der Waals surface area contributed by atoms with E-state index in [4.69, 9.17) is 4.74 Å². The average molecular weight is 380 g/mol. The molecule has 0 aromatic heterocycles. The summed E-state index contributed by atoms with van der Waals surface area (Å²) in [6.45, 7) is 0. The summed E-state index contributed by atoms with van der Waals surface area (Å²) in [5.74, 6) is -1.55. The van der Waals surface area contributed by atoms with Crippen molar-refractivity contribution < 1.29 is 23.9 Å². The number of esters is 1. The number of carbonyl (C=O) groups is 4. The molecule has 7 heteroatoms. The number of likely N-dealkylation sites (N-methyl/N-ethyl adjacent to an activating group) is 1. The van der Waals surface area contributed by atoms with Crippen molar-refractivity contribution in [2.45, 2.75) is 18.9 Å². The highest BCUT2D eigenvalue weighted by molar-refractivity contribution is 6.19. The fourth-order valence-corrected chi connectivity index (χ4v) is 2.91. The summed E-state index contributed by atoms with van der Waals surface area (Å²) in [6, 6.07) is 14.7. The lowest BCUT2D eigenvalue weighted by Crippen LogP contribution is -2.31. The summed E-state index contributed by atoms with van der Waals surface area (Å²) in [7, 11) is 3.18. The first-order valence-electron chi connectivity index (χ1n) is 8.81. The number of rotatable bonds is 5. The summed E-state index contributed by atoms with van der Waals surface area (Å²) in [4.78, 5) is 51.2. The van der Waals surface area contributed by atoms with E-state index in [2.05, 4.69) is 0 Å². The van der Waals surface area contributed by atoms with Crippen LogP contribution >= 0.6 is 0 Å². The van der Waals surface area contributed by atoms with Crippen LogP contribution in [0.15, 0.2) is 54.6 Å². The summed E-state index contributed by atoms with van der Waals surface area (Å²) < 4.78 is 5.48. The second-order valence-corrected chi connectivity index (χ2v) is 6.60. The third kappa shape index (κ3) is 3.93. The van der Waals surface area contributed by atoms with Gasteiger partial charge in [-0.1, -0.05) is 30.3 Å². The number of ether oxygens (including phenoxy) is 1. The Hall–Kier alpha value is -3.48. The third-order valence-corrected chi connectivity index (χ3v) is 4.41. The van der Waals surface area contributed by atoms with E-state index in [0.717, 1.165) is 4.90 Å². The maximum absolute atomic E-state index is 12.6. The van der Waals surface area contributed by atoms with Crippen molar-refractivity contribution in [3.8, 4) is 0 Å². The van der Waals surface area contributed by atoms with Crippen molar-refractivity contribution >= 4 is 29.4 Å². The van der Waals surface area contributed by atoms with Gasteiger partial charge in [0.1, 0.15) is 0 Å². The molecule has 0 aliphatic carbocycles. The predicted molar refractivity (Wildman–Crippen MR) is 101 cm³/mol. The standard InChI is InChI=1S/C21H20N2O5/c1-22(2)20(26)19(14-6-4-3-5-7-14)28-21(27)15-8-10-16(11-9-15)23-17(24)12-13-18(23)25/h3-11,19H,12-13H2,1-2H3/t19-/m0/s1. The molecule has 0 radical (unpaired) electrons. The molecule has 2 aromatic rings. The van der Waals surface area contributed by atoms with E-state index in [1.807, 2.05) is 6.07 Å². The van der Waals surface area contributed by atoms with Crippen LogP contribution in [0.3, 0.4) is 0 Å². The first-order chi connectivity index (χ1) is 13.4. The normalized spacial score (nSPS) is 14.7. The van der Waals surface area contributed by atoms with E-state index in [9.17, 15) is 19.2 Å². The number of nitrogens with zero attached hydrogens (tertiary/aromatic N) is 2. The molecule has 3 rings (SSSR count). The van der Waals surface area contributed by atoms with Crippen LogP contribution in [0.2, 0.25) is 0 Å². The highest BCUT2D eigenvalue weighted by Gasteiger charge is 2.31. The van der Waals surface area contributed by atoms with Gasteiger partial charge in [-0.05, 0) is 24.3 Å². The Morgan fingerprint density at radius 2 is 1.50 bits per heavy atom. The first-order valence-corrected chi connectivity index (χ1v) is 8.81. The lowest BCUT2D eigenvalue weighted by molar-refractivity contribution is -0.138. The molecule has 1 aliphatic heterocycles. The molecule has 2 aromatic carbocycles. The second-order valence-electron chi connectivity index (χ2n) is 6.60. The molecule has 144 valence electrons. The number of carbonyl (C=O) groups excluding carboxylic acids is 4. The molecule has 1 fully saturated rings. The number of hydrogen-bond donors (Lipinski definition) is 0. The van der Waals surface area contributed by atoms with Gasteiger partial charge in [0.15, 0.2) is 0 Å². The van der Waals surface area contributed by atoms with Gasteiger partial charge in [-0.15, -0.1) is 0 Å². The summed E-state index contributed by atoms with van der Waals surface area (Å²) in [5, 5.41) is 0. The minimum atomic E-state index is -1.06. The van der Waals surface area contributed by atoms with Gasteiger partial charge in [0.05, 0.1) is 11.3 Å². The maximum Gasteiger partial charge on any atom is 0.339 e. The lowest BCUT2D eigenvalue weighted by Gasteiger charge is -2.21. The van der Waals surface area contributed by atoms with E-state index in [1.165, 1.54) is 29.2 Å². The van der Waals surface area contributed by atoms with Crippen LogP contribution in [0.1, 0.15) is 34.9 Å². The van der Waals surface area contributed by atoms with Gasteiger partial charge in [-0.3, -0.25) is 19.3 Å². The van der Waals surface area contributed by atoms with Crippen molar-refractivity contribution in [3.63, 3.8) is 0 Å². The van der Waals surface area contributed by atoms with Crippen LogP contribution in [0, 0.1) is 0 Å². The average Bonchev–Trinajstić information content (AvgIpc) is 3.04. The third-order valence-electron chi connectivity index (χ3n) is 4.41. The first kappa shape index (κ1) is 19.3. The SMILES string of the molecule is CN(C)C(=O)[C@@H](OC(=O)c1ccc(N2C(=O)CCC2=O)cc1)c1ccccc1. The van der Waals surface area contributed by atoms with Crippen molar-refractivity contribution in [1.29, 1.82) is 0 Å². The minimum absolute atomic E-state index is 0.189. The van der Waals surface area contributed by atoms with E-state index in [-0.39, 0.29) is 36.1 Å². The zero-order chi connectivity index (χ0) is 20.3. The van der Waals surface area contributed by atoms with Crippen molar-refractivity contribution in [2.75, 3.05) is 19.0 Å². The topological polar surface area (TPSA) is 84.0 Å². The van der Waals surface area contributed by atoms with Crippen LogP contribution in [0.5, 0.6) is 0 Å². The highest BCUT2D eigenvalue weighted by Crippen LogP contribution is 2.25. The zero-order valence-corrected chi connectivity index (χ0v) is 15.6. The molecule has 1 atom stereocenters. The maximum atomic E-state index is 12.6. The Labute approximate surface area is 162 Å². The molecule has 1 heterocycles. The molecule has 0 N–H and O–H groups in total. The van der Waals surface area contributed by atoms with E-state index in [0.29, 0.717) is 11.3 Å². The summed E-state index contributed by atoms with van der Waals surface area (Å²) in [5.41, 5.74) is 1.20. The Morgan fingerprint density at radius 3 is 2.04 bits per heavy atom. The largest absolute Gasteiger partial charge is 0.444 e. The molecular formula is C21H20N2O5. The lowest BCUT2D eigenvalue weighted by atomic mass is 10.1. The smallest absolute Gasteiger partial charge is 0.339 e. The van der Waals surface area contributed by atoms with Crippen LogP contribution in [0.25, 0.3) is 0 Å². The Morgan fingerprint density at radius 1 is 0.929 bits per heavy atom. The fraction of sp³-hybridized carbons (Fsp3) is 0.238. The monoisotopic (exact) mass is 380 g/mol. The quantitative estimate of drug-likeness (QED) is 0.587. The molecule has 0 unspecified atom stereocenters. The van der Waals surface area contributed by atoms with Gasteiger partial charge >= 0.3 is 5.97 Å². The Kier molecular flexibility index (Phi) is 5.54. The highest BCUT2D eigenvalue weighted by atomic mass is 16.5. The van der Waals surface area contributed by atoms with E-state index < -0.39 is 12.1 Å². The van der Waals surface area contributed by atoms with Crippen LogP contribution < -0.4 is 4.90 Å². The molecule has 3 amide bonds. The Bertz CT molecular complexity index is 890. The van der Waals surface area contributed by atoms with Crippen LogP contribution in [0.4, 0.5) is 5.69 Å². The van der Waals surface area contributed by atoms with E-state index in [1.54, 1.807) is 38.4 Å². The second kappa shape index (κ2) is 8.04. The molecule has 28 heavy (non-hydrogen) atoms. The minimum Gasteiger partial charge on any atom is -0.444 e. The van der Waals surface area contributed by atoms with Crippen LogP contribution in [-0.4, -0.2) is 42.7 Å².